The van der Waals surface area contributed by atoms with Crippen LogP contribution < -0.4 is 14.8 Å². The number of hydrogen-bond donors (Lipinski definition) is 2. The molecule has 158 valence electrons. The molecule has 1 heterocycles. The fourth-order valence-corrected chi connectivity index (χ4v) is 4.61. The van der Waals surface area contributed by atoms with E-state index in [0.29, 0.717) is 18.7 Å². The van der Waals surface area contributed by atoms with Crippen molar-refractivity contribution >= 4 is 27.1 Å². The molecule has 4 rings (SSSR count). The van der Waals surface area contributed by atoms with Crippen molar-refractivity contribution < 1.29 is 17.9 Å². The van der Waals surface area contributed by atoms with Crippen LogP contribution in [0.3, 0.4) is 0 Å². The fraction of sp³-hybridized carbons (Fsp3) is 0.348. The zero-order valence-corrected chi connectivity index (χ0v) is 17.8. The number of sulfonamides is 1. The first-order valence-electron chi connectivity index (χ1n) is 10.2. The third kappa shape index (κ3) is 4.91. The Morgan fingerprint density at radius 1 is 1.00 bits per heavy atom. The summed E-state index contributed by atoms with van der Waals surface area (Å²) in [7, 11) is -3.30. The summed E-state index contributed by atoms with van der Waals surface area (Å²) in [4.78, 5) is 12.0. The number of carbonyl (C=O) groups is 1. The van der Waals surface area contributed by atoms with Gasteiger partial charge in [-0.05, 0) is 78.9 Å². The van der Waals surface area contributed by atoms with Crippen LogP contribution in [0.4, 0.5) is 5.69 Å². The number of aryl methyl sites for hydroxylation is 1. The molecule has 2 aromatic carbocycles. The topological polar surface area (TPSA) is 84.5 Å². The number of rotatable bonds is 6. The second kappa shape index (κ2) is 8.62. The number of ether oxygens (including phenoxy) is 1. The number of Topliss-reactive ketones (excluding diaryl/α,β-unsaturated/α-hetero) is 1. The second-order valence-electron chi connectivity index (χ2n) is 7.81. The Balaban J connectivity index is 1.54. The van der Waals surface area contributed by atoms with E-state index in [-0.39, 0.29) is 5.78 Å². The maximum Gasteiger partial charge on any atom is 0.229 e. The predicted molar refractivity (Wildman–Crippen MR) is 119 cm³/mol. The summed E-state index contributed by atoms with van der Waals surface area (Å²) in [5.74, 6) is 0.914. The zero-order chi connectivity index (χ0) is 21.1. The van der Waals surface area contributed by atoms with Crippen LogP contribution in [0.1, 0.15) is 40.7 Å². The Labute approximate surface area is 177 Å². The number of hydrogen-bond acceptors (Lipinski definition) is 5. The largest absolute Gasteiger partial charge is 0.489 e. The molecule has 6 nitrogen and oxygen atoms in total. The highest BCUT2D eigenvalue weighted by Crippen LogP contribution is 2.29. The summed E-state index contributed by atoms with van der Waals surface area (Å²) in [6.45, 7) is 2.24. The van der Waals surface area contributed by atoms with Crippen LogP contribution in [0.2, 0.25) is 0 Å². The van der Waals surface area contributed by atoms with E-state index in [1.165, 1.54) is 11.1 Å². The third-order valence-corrected chi connectivity index (χ3v) is 6.14. The van der Waals surface area contributed by atoms with Gasteiger partial charge in [0.25, 0.3) is 0 Å². The molecule has 0 spiro atoms. The van der Waals surface area contributed by atoms with Crippen LogP contribution in [0.15, 0.2) is 48.0 Å². The van der Waals surface area contributed by atoms with Gasteiger partial charge < -0.3 is 10.1 Å². The van der Waals surface area contributed by atoms with Crippen LogP contribution in [-0.2, 0) is 16.4 Å². The number of benzene rings is 2. The second-order valence-corrected chi connectivity index (χ2v) is 9.56. The lowest BCUT2D eigenvalue weighted by atomic mass is 9.96. The first-order chi connectivity index (χ1) is 14.4. The number of ketones is 1. The molecule has 7 heteroatoms. The van der Waals surface area contributed by atoms with Crippen molar-refractivity contribution in [1.82, 2.24) is 5.32 Å². The lowest BCUT2D eigenvalue weighted by Crippen LogP contribution is -2.14. The molecular formula is C23H26N2O4S. The van der Waals surface area contributed by atoms with Crippen molar-refractivity contribution in [2.75, 3.05) is 30.7 Å². The fourth-order valence-electron chi connectivity index (χ4n) is 4.04. The average molecular weight is 427 g/mol. The highest BCUT2D eigenvalue weighted by molar-refractivity contribution is 7.92. The van der Waals surface area contributed by atoms with Gasteiger partial charge in [-0.15, -0.1) is 0 Å². The summed E-state index contributed by atoms with van der Waals surface area (Å²) in [5.41, 5.74) is 5.96. The van der Waals surface area contributed by atoms with Gasteiger partial charge in [-0.1, -0.05) is 18.2 Å². The summed E-state index contributed by atoms with van der Waals surface area (Å²) in [6.07, 6.45) is 4.30. The van der Waals surface area contributed by atoms with Crippen molar-refractivity contribution in [2.24, 2.45) is 0 Å². The van der Waals surface area contributed by atoms with Gasteiger partial charge in [0.1, 0.15) is 12.4 Å². The lowest BCUT2D eigenvalue weighted by Gasteiger charge is -2.15. The average Bonchev–Trinajstić information content (AvgIpc) is 2.92. The maximum atomic E-state index is 12.0. The highest BCUT2D eigenvalue weighted by atomic mass is 32.2. The van der Waals surface area contributed by atoms with Gasteiger partial charge >= 0.3 is 0 Å². The molecule has 0 saturated carbocycles. The molecule has 1 aliphatic heterocycles. The van der Waals surface area contributed by atoms with Crippen molar-refractivity contribution in [1.29, 1.82) is 0 Å². The molecule has 0 fully saturated rings. The van der Waals surface area contributed by atoms with Crippen LogP contribution in [0.5, 0.6) is 5.75 Å². The van der Waals surface area contributed by atoms with Crippen LogP contribution >= 0.6 is 0 Å². The third-order valence-electron chi connectivity index (χ3n) is 5.53. The van der Waals surface area contributed by atoms with Crippen LogP contribution in [0, 0.1) is 0 Å². The zero-order valence-electron chi connectivity index (χ0n) is 17.0. The van der Waals surface area contributed by atoms with E-state index in [2.05, 4.69) is 10.0 Å². The van der Waals surface area contributed by atoms with Gasteiger partial charge in [0.05, 0.1) is 6.26 Å². The first-order valence-corrected chi connectivity index (χ1v) is 12.1. The number of nitrogens with one attached hydrogen (secondary N) is 2. The summed E-state index contributed by atoms with van der Waals surface area (Å²) in [6, 6.07) is 13.3. The van der Waals surface area contributed by atoms with Crippen LogP contribution in [0.25, 0.3) is 5.57 Å². The minimum Gasteiger partial charge on any atom is -0.489 e. The van der Waals surface area contributed by atoms with Crippen molar-refractivity contribution in [3.05, 3.63) is 64.7 Å². The Bertz CT molecular complexity index is 1090. The van der Waals surface area contributed by atoms with Crippen molar-refractivity contribution in [2.45, 2.75) is 25.7 Å². The molecule has 0 radical (unpaired) electrons. The maximum absolute atomic E-state index is 12.0. The van der Waals surface area contributed by atoms with Gasteiger partial charge in [0, 0.05) is 17.7 Å². The van der Waals surface area contributed by atoms with Crippen molar-refractivity contribution in [3.8, 4) is 5.75 Å². The number of carbonyl (C=O) groups excluding carboxylic acids is 1. The molecule has 2 aliphatic rings. The van der Waals surface area contributed by atoms with E-state index in [4.69, 9.17) is 4.74 Å². The summed E-state index contributed by atoms with van der Waals surface area (Å²) >= 11 is 0. The molecule has 0 saturated heterocycles. The molecule has 30 heavy (non-hydrogen) atoms. The Morgan fingerprint density at radius 2 is 1.77 bits per heavy atom. The van der Waals surface area contributed by atoms with Gasteiger partial charge in [-0.2, -0.15) is 0 Å². The summed E-state index contributed by atoms with van der Waals surface area (Å²) < 4.78 is 31.4. The minimum absolute atomic E-state index is 0.191. The monoisotopic (exact) mass is 426 g/mol. The molecule has 2 aromatic rings. The lowest BCUT2D eigenvalue weighted by molar-refractivity contribution is 0.0994. The van der Waals surface area contributed by atoms with Crippen molar-refractivity contribution in [3.63, 3.8) is 0 Å². The Hall–Kier alpha value is -2.64. The van der Waals surface area contributed by atoms with Gasteiger partial charge in [0.2, 0.25) is 10.0 Å². The first kappa shape index (κ1) is 20.6. The molecular weight excluding hydrogens is 400 g/mol. The van der Waals surface area contributed by atoms with E-state index in [9.17, 15) is 13.2 Å². The van der Waals surface area contributed by atoms with Gasteiger partial charge in [0.15, 0.2) is 5.78 Å². The smallest absolute Gasteiger partial charge is 0.229 e. The quantitative estimate of drug-likeness (QED) is 0.740. The SMILES string of the molecule is CS(=O)(=O)Nc1ccc(C2=C(COc3ccc4c(c3)C(=O)CC4)CCNCC2)cc1. The molecule has 0 unspecified atom stereocenters. The van der Waals surface area contributed by atoms with E-state index < -0.39 is 10.0 Å². The minimum atomic E-state index is -3.30. The Kier molecular flexibility index (Phi) is 5.92. The Morgan fingerprint density at radius 3 is 2.53 bits per heavy atom. The molecule has 1 aliphatic carbocycles. The molecule has 0 atom stereocenters. The predicted octanol–water partition coefficient (Wildman–Crippen LogP) is 3.40. The van der Waals surface area contributed by atoms with E-state index >= 15 is 0 Å². The van der Waals surface area contributed by atoms with Crippen LogP contribution in [-0.4, -0.2) is 40.2 Å². The van der Waals surface area contributed by atoms with Gasteiger partial charge in [-0.3, -0.25) is 9.52 Å². The molecule has 0 bridgehead atoms. The van der Waals surface area contributed by atoms with E-state index in [1.807, 2.05) is 30.3 Å². The molecule has 0 amide bonds. The van der Waals surface area contributed by atoms with E-state index in [1.54, 1.807) is 12.1 Å². The number of fused-ring (bicyclic) bond motifs is 1. The molecule has 0 aromatic heterocycles. The normalized spacial score (nSPS) is 16.9. The molecule has 2 N–H and O–H groups in total. The summed E-state index contributed by atoms with van der Waals surface area (Å²) in [5, 5.41) is 3.42. The standard InChI is InChI=1S/C23H26N2O4S/c1-30(27,28)25-19-6-2-16(3-7-19)21-11-13-24-12-10-18(21)15-29-20-8-4-17-5-9-23(26)22(17)14-20/h2-4,6-8,14,24-25H,5,9-13,15H2,1H3. The number of anilines is 1. The van der Waals surface area contributed by atoms with Gasteiger partial charge in [-0.25, -0.2) is 8.42 Å². The van der Waals surface area contributed by atoms with E-state index in [0.717, 1.165) is 61.0 Å². The highest BCUT2D eigenvalue weighted by Gasteiger charge is 2.20.